The molecule has 3 N–H and O–H groups in total. The van der Waals surface area contributed by atoms with Crippen molar-refractivity contribution in [2.45, 2.75) is 6.92 Å². The molecule has 4 nitrogen and oxygen atoms in total. The van der Waals surface area contributed by atoms with Crippen LogP contribution in [0.15, 0.2) is 12.1 Å². The molecule has 0 bridgehead atoms. The Morgan fingerprint density at radius 1 is 1.57 bits per heavy atom. The Hall–Kier alpha value is -1.84. The number of carbonyl (C=O) groups is 1. The van der Waals surface area contributed by atoms with Crippen LogP contribution in [0, 0.1) is 12.3 Å². The molecule has 1 rings (SSSR count). The van der Waals surface area contributed by atoms with Crippen LogP contribution in [-0.4, -0.2) is 19.3 Å². The van der Waals surface area contributed by atoms with Crippen molar-refractivity contribution in [3.05, 3.63) is 28.8 Å². The third kappa shape index (κ3) is 1.74. The number of rotatable bonds is 2. The molecule has 0 unspecified atom stereocenters. The molecule has 74 valence electrons. The van der Waals surface area contributed by atoms with Crippen molar-refractivity contribution in [1.82, 2.24) is 0 Å². The molecular formula is C10H12N2O2. The third-order valence-corrected chi connectivity index (χ3v) is 1.99. The first-order valence-corrected chi connectivity index (χ1v) is 4.09. The first-order chi connectivity index (χ1) is 6.60. The van der Waals surface area contributed by atoms with Gasteiger partial charge < -0.3 is 15.9 Å². The topological polar surface area (TPSA) is 76.2 Å². The van der Waals surface area contributed by atoms with Gasteiger partial charge in [0.15, 0.2) is 0 Å². The van der Waals surface area contributed by atoms with Gasteiger partial charge in [-0.05, 0) is 24.6 Å². The van der Waals surface area contributed by atoms with Gasteiger partial charge in [0.1, 0.15) is 0 Å². The van der Waals surface area contributed by atoms with Crippen molar-refractivity contribution in [2.75, 3.05) is 12.8 Å². The average molecular weight is 192 g/mol. The Labute approximate surface area is 82.2 Å². The van der Waals surface area contributed by atoms with Crippen LogP contribution in [-0.2, 0) is 4.74 Å². The molecule has 0 radical (unpaired) electrons. The first kappa shape index (κ1) is 10.2. The van der Waals surface area contributed by atoms with E-state index in [1.54, 1.807) is 19.1 Å². The van der Waals surface area contributed by atoms with Gasteiger partial charge in [0, 0.05) is 17.5 Å². The minimum absolute atomic E-state index is 0.411. The predicted octanol–water partition coefficient (Wildman–Crippen LogP) is 1.36. The fourth-order valence-electron chi connectivity index (χ4n) is 1.20. The minimum atomic E-state index is -0.411. The van der Waals surface area contributed by atoms with Crippen LogP contribution in [0.4, 0.5) is 5.69 Å². The number of nitrogen functional groups attached to an aromatic ring is 1. The predicted molar refractivity (Wildman–Crippen MR) is 54.8 cm³/mol. The van der Waals surface area contributed by atoms with Crippen LogP contribution < -0.4 is 5.73 Å². The maximum atomic E-state index is 11.3. The minimum Gasteiger partial charge on any atom is -0.465 e. The first-order valence-electron chi connectivity index (χ1n) is 4.09. The zero-order chi connectivity index (χ0) is 10.7. The smallest absolute Gasteiger partial charge is 0.338 e. The van der Waals surface area contributed by atoms with Gasteiger partial charge in [0.2, 0.25) is 0 Å². The number of hydrogen-bond acceptors (Lipinski definition) is 4. The van der Waals surface area contributed by atoms with Gasteiger partial charge >= 0.3 is 5.97 Å². The van der Waals surface area contributed by atoms with Gasteiger partial charge in [-0.1, -0.05) is 0 Å². The second-order valence-electron chi connectivity index (χ2n) is 2.93. The number of methoxy groups -OCH3 is 1. The van der Waals surface area contributed by atoms with E-state index in [2.05, 4.69) is 4.74 Å². The lowest BCUT2D eigenvalue weighted by Crippen LogP contribution is -2.06. The van der Waals surface area contributed by atoms with Crippen molar-refractivity contribution in [3.63, 3.8) is 0 Å². The number of anilines is 1. The van der Waals surface area contributed by atoms with E-state index < -0.39 is 5.97 Å². The summed E-state index contributed by atoms with van der Waals surface area (Å²) in [6.45, 7) is 1.77. The Balaban J connectivity index is 3.30. The number of nitrogens with one attached hydrogen (secondary N) is 1. The molecule has 0 aliphatic heterocycles. The largest absolute Gasteiger partial charge is 0.465 e. The summed E-state index contributed by atoms with van der Waals surface area (Å²) in [5.74, 6) is -0.411. The molecule has 4 heteroatoms. The fraction of sp³-hybridized carbons (Fsp3) is 0.200. The van der Waals surface area contributed by atoms with E-state index in [9.17, 15) is 4.79 Å². The van der Waals surface area contributed by atoms with E-state index in [1.807, 2.05) is 0 Å². The van der Waals surface area contributed by atoms with Gasteiger partial charge in [-0.25, -0.2) is 4.79 Å². The second kappa shape index (κ2) is 3.91. The SMILES string of the molecule is COC(=O)c1cc(C=N)c(N)cc1C. The number of ether oxygens (including phenoxy) is 1. The van der Waals surface area contributed by atoms with E-state index in [4.69, 9.17) is 11.1 Å². The number of benzene rings is 1. The monoisotopic (exact) mass is 192 g/mol. The maximum Gasteiger partial charge on any atom is 0.338 e. The Kier molecular flexibility index (Phi) is 2.86. The highest BCUT2D eigenvalue weighted by Crippen LogP contribution is 2.17. The van der Waals surface area contributed by atoms with Crippen molar-refractivity contribution in [1.29, 1.82) is 5.41 Å². The van der Waals surface area contributed by atoms with Crippen LogP contribution >= 0.6 is 0 Å². The summed E-state index contributed by atoms with van der Waals surface area (Å²) in [5.41, 5.74) is 7.85. The summed E-state index contributed by atoms with van der Waals surface area (Å²) in [4.78, 5) is 11.3. The van der Waals surface area contributed by atoms with Gasteiger partial charge in [-0.15, -0.1) is 0 Å². The average Bonchev–Trinajstić information content (AvgIpc) is 2.17. The van der Waals surface area contributed by atoms with E-state index in [1.165, 1.54) is 7.11 Å². The van der Waals surface area contributed by atoms with E-state index in [-0.39, 0.29) is 0 Å². The lowest BCUT2D eigenvalue weighted by Gasteiger charge is -2.07. The Bertz CT molecular complexity index is 386. The highest BCUT2D eigenvalue weighted by molar-refractivity contribution is 5.95. The van der Waals surface area contributed by atoms with E-state index in [0.29, 0.717) is 16.8 Å². The number of nitrogens with two attached hydrogens (primary N) is 1. The number of aryl methyl sites for hydroxylation is 1. The Morgan fingerprint density at radius 2 is 2.21 bits per heavy atom. The van der Waals surface area contributed by atoms with Gasteiger partial charge in [-0.2, -0.15) is 0 Å². The number of hydrogen-bond donors (Lipinski definition) is 2. The van der Waals surface area contributed by atoms with E-state index >= 15 is 0 Å². The molecule has 0 atom stereocenters. The molecule has 1 aromatic carbocycles. The molecular weight excluding hydrogens is 180 g/mol. The van der Waals surface area contributed by atoms with E-state index in [0.717, 1.165) is 11.8 Å². The summed E-state index contributed by atoms with van der Waals surface area (Å²) in [6.07, 6.45) is 1.11. The quantitative estimate of drug-likeness (QED) is 0.422. The van der Waals surface area contributed by atoms with Gasteiger partial charge in [0.05, 0.1) is 12.7 Å². The molecule has 0 saturated heterocycles. The molecule has 0 amide bonds. The summed E-state index contributed by atoms with van der Waals surface area (Å²) in [5, 5.41) is 7.09. The van der Waals surface area contributed by atoms with Crippen LogP contribution in [0.25, 0.3) is 0 Å². The molecule has 0 aliphatic rings. The molecule has 0 aromatic heterocycles. The van der Waals surface area contributed by atoms with Crippen molar-refractivity contribution < 1.29 is 9.53 Å². The maximum absolute atomic E-state index is 11.3. The fourth-order valence-corrected chi connectivity index (χ4v) is 1.20. The normalized spacial score (nSPS) is 9.57. The van der Waals surface area contributed by atoms with Crippen LogP contribution in [0.1, 0.15) is 21.5 Å². The molecule has 0 spiro atoms. The van der Waals surface area contributed by atoms with Gasteiger partial charge in [0.25, 0.3) is 0 Å². The van der Waals surface area contributed by atoms with Crippen molar-refractivity contribution >= 4 is 17.9 Å². The summed E-state index contributed by atoms with van der Waals surface area (Å²) < 4.78 is 4.60. The van der Waals surface area contributed by atoms with Gasteiger partial charge in [-0.3, -0.25) is 0 Å². The summed E-state index contributed by atoms with van der Waals surface area (Å²) in [7, 11) is 1.32. The summed E-state index contributed by atoms with van der Waals surface area (Å²) >= 11 is 0. The second-order valence-corrected chi connectivity index (χ2v) is 2.93. The van der Waals surface area contributed by atoms with Crippen molar-refractivity contribution in [3.8, 4) is 0 Å². The van der Waals surface area contributed by atoms with Crippen LogP contribution in [0.2, 0.25) is 0 Å². The zero-order valence-corrected chi connectivity index (χ0v) is 8.13. The number of carbonyl (C=O) groups excluding carboxylic acids is 1. The van der Waals surface area contributed by atoms with Crippen LogP contribution in [0.3, 0.4) is 0 Å². The lowest BCUT2D eigenvalue weighted by atomic mass is 10.0. The van der Waals surface area contributed by atoms with Crippen LogP contribution in [0.5, 0.6) is 0 Å². The molecule has 0 saturated carbocycles. The molecule has 0 aliphatic carbocycles. The highest BCUT2D eigenvalue weighted by Gasteiger charge is 2.11. The highest BCUT2D eigenvalue weighted by atomic mass is 16.5. The standard InChI is InChI=1S/C10H12N2O2/c1-6-3-9(12)7(5-11)4-8(6)10(13)14-2/h3-5,11H,12H2,1-2H3. The summed E-state index contributed by atoms with van der Waals surface area (Å²) in [6, 6.07) is 3.22. The molecule has 0 fully saturated rings. The lowest BCUT2D eigenvalue weighted by molar-refractivity contribution is 0.0600. The molecule has 0 heterocycles. The Morgan fingerprint density at radius 3 is 2.71 bits per heavy atom. The molecule has 14 heavy (non-hydrogen) atoms. The van der Waals surface area contributed by atoms with Crippen molar-refractivity contribution in [2.24, 2.45) is 0 Å². The number of esters is 1. The zero-order valence-electron chi connectivity index (χ0n) is 8.13. The third-order valence-electron chi connectivity index (χ3n) is 1.99. The molecule has 1 aromatic rings.